The summed E-state index contributed by atoms with van der Waals surface area (Å²) in [7, 11) is 0. The van der Waals surface area contributed by atoms with Crippen LogP contribution in [-0.4, -0.2) is 25.6 Å². The topological polar surface area (TPSA) is 63.9 Å². The average molecular weight is 832 g/mol. The fourth-order valence-corrected chi connectivity index (χ4v) is 10.0. The molecule has 1 aliphatic heterocycles. The molecule has 0 bridgehead atoms. The third-order valence-corrected chi connectivity index (χ3v) is 13.4. The SMILES string of the molecule is C[C@@H]1C=CN=C(c2ccc([C@@]3(C)C=C(c4ccccc4)CC(C)(c4nc(-c5ccccc5)nc(-c5cc(-c6ccc(-c7ccccn7)cc6)cc(C6C=CC=C[C@@H]6C)c5)n4)C3)cc2)C1. The Morgan fingerprint density at radius 1 is 0.562 bits per heavy atom. The van der Waals surface area contributed by atoms with Crippen molar-refractivity contribution in [2.24, 2.45) is 16.8 Å². The molecule has 5 nitrogen and oxygen atoms in total. The maximum absolute atomic E-state index is 5.58. The van der Waals surface area contributed by atoms with Gasteiger partial charge in [-0.2, -0.15) is 0 Å². The quantitative estimate of drug-likeness (QED) is 0.145. The van der Waals surface area contributed by atoms with Gasteiger partial charge >= 0.3 is 0 Å². The van der Waals surface area contributed by atoms with Crippen LogP contribution in [0.15, 0.2) is 199 Å². The number of aliphatic imine (C=N–C) groups is 1. The van der Waals surface area contributed by atoms with Crippen molar-refractivity contribution in [2.45, 2.75) is 63.7 Å². The lowest BCUT2D eigenvalue weighted by Crippen LogP contribution is -2.38. The highest BCUT2D eigenvalue weighted by Crippen LogP contribution is 2.50. The number of hydrogen-bond donors (Lipinski definition) is 0. The van der Waals surface area contributed by atoms with Gasteiger partial charge in [0, 0.05) is 51.5 Å². The van der Waals surface area contributed by atoms with Crippen LogP contribution >= 0.6 is 0 Å². The van der Waals surface area contributed by atoms with Crippen LogP contribution in [0.3, 0.4) is 0 Å². The highest BCUT2D eigenvalue weighted by atomic mass is 15.0. The highest BCUT2D eigenvalue weighted by molar-refractivity contribution is 6.01. The molecule has 0 fully saturated rings. The molecule has 7 aromatic rings. The molecule has 0 radical (unpaired) electrons. The predicted octanol–water partition coefficient (Wildman–Crippen LogP) is 14.2. The second-order valence-electron chi connectivity index (χ2n) is 18.5. The van der Waals surface area contributed by atoms with Crippen LogP contribution in [0.1, 0.15) is 81.0 Å². The van der Waals surface area contributed by atoms with Crippen LogP contribution < -0.4 is 0 Å². The first kappa shape index (κ1) is 40.9. The number of pyridine rings is 1. The van der Waals surface area contributed by atoms with E-state index in [9.17, 15) is 0 Å². The Hall–Kier alpha value is -7.11. The second-order valence-corrected chi connectivity index (χ2v) is 18.5. The third kappa shape index (κ3) is 8.38. The minimum Gasteiger partial charge on any atom is -0.261 e. The first-order valence-electron chi connectivity index (χ1n) is 22.7. The first-order valence-corrected chi connectivity index (χ1v) is 22.7. The minimum atomic E-state index is -0.449. The molecule has 0 saturated carbocycles. The minimum absolute atomic E-state index is 0.206. The summed E-state index contributed by atoms with van der Waals surface area (Å²) in [5, 5.41) is 0. The van der Waals surface area contributed by atoms with Gasteiger partial charge in [0.25, 0.3) is 0 Å². The molecule has 2 unspecified atom stereocenters. The van der Waals surface area contributed by atoms with Gasteiger partial charge in [0.15, 0.2) is 11.6 Å². The zero-order valence-electron chi connectivity index (χ0n) is 37.1. The van der Waals surface area contributed by atoms with Gasteiger partial charge in [0.05, 0.1) is 5.69 Å². The Kier molecular flexibility index (Phi) is 11.0. The first-order chi connectivity index (χ1) is 31.2. The Morgan fingerprint density at radius 3 is 1.92 bits per heavy atom. The van der Waals surface area contributed by atoms with Gasteiger partial charge in [0.1, 0.15) is 5.82 Å². The molecular weight excluding hydrogens is 779 g/mol. The molecule has 2 aliphatic carbocycles. The number of rotatable bonds is 9. The lowest BCUT2D eigenvalue weighted by Gasteiger charge is -2.43. The summed E-state index contributed by atoms with van der Waals surface area (Å²) in [4.78, 5) is 25.7. The summed E-state index contributed by atoms with van der Waals surface area (Å²) in [6.07, 6.45) is 20.0. The lowest BCUT2D eigenvalue weighted by molar-refractivity contribution is 0.325. The van der Waals surface area contributed by atoms with Gasteiger partial charge in [-0.05, 0) is 94.3 Å². The largest absolute Gasteiger partial charge is 0.261 e. The highest BCUT2D eigenvalue weighted by Gasteiger charge is 2.44. The van der Waals surface area contributed by atoms with Gasteiger partial charge in [-0.15, -0.1) is 0 Å². The van der Waals surface area contributed by atoms with E-state index >= 15 is 0 Å². The average Bonchev–Trinajstić information content (AvgIpc) is 3.34. The van der Waals surface area contributed by atoms with Crippen molar-refractivity contribution in [3.05, 3.63) is 223 Å². The molecule has 5 heteroatoms. The van der Waals surface area contributed by atoms with E-state index in [4.69, 9.17) is 19.9 Å². The molecule has 3 heterocycles. The van der Waals surface area contributed by atoms with Crippen molar-refractivity contribution in [1.29, 1.82) is 0 Å². The molecule has 314 valence electrons. The van der Waals surface area contributed by atoms with Crippen molar-refractivity contribution in [3.63, 3.8) is 0 Å². The van der Waals surface area contributed by atoms with E-state index in [1.54, 1.807) is 0 Å². The molecule has 5 atom stereocenters. The molecule has 64 heavy (non-hydrogen) atoms. The molecule has 2 aromatic heterocycles. The van der Waals surface area contributed by atoms with E-state index < -0.39 is 5.41 Å². The van der Waals surface area contributed by atoms with Crippen LogP contribution in [0.5, 0.6) is 0 Å². The summed E-state index contributed by atoms with van der Waals surface area (Å²) >= 11 is 0. The summed E-state index contributed by atoms with van der Waals surface area (Å²) in [6, 6.07) is 52.0. The zero-order valence-corrected chi connectivity index (χ0v) is 37.1. The maximum Gasteiger partial charge on any atom is 0.163 e. The number of aromatic nitrogens is 4. The van der Waals surface area contributed by atoms with Crippen molar-refractivity contribution in [1.82, 2.24) is 19.9 Å². The number of benzene rings is 5. The van der Waals surface area contributed by atoms with E-state index in [1.165, 1.54) is 27.8 Å². The monoisotopic (exact) mass is 831 g/mol. The molecule has 3 aliphatic rings. The van der Waals surface area contributed by atoms with Crippen molar-refractivity contribution in [2.75, 3.05) is 0 Å². The fourth-order valence-electron chi connectivity index (χ4n) is 10.0. The molecule has 0 amide bonds. The summed E-state index contributed by atoms with van der Waals surface area (Å²) in [6.45, 7) is 9.29. The van der Waals surface area contributed by atoms with Gasteiger partial charge in [-0.25, -0.2) is 15.0 Å². The molecular formula is C59H53N5. The van der Waals surface area contributed by atoms with Crippen molar-refractivity contribution >= 4 is 11.3 Å². The van der Waals surface area contributed by atoms with E-state index in [1.807, 2.05) is 30.6 Å². The van der Waals surface area contributed by atoms with Crippen LogP contribution in [0.4, 0.5) is 0 Å². The third-order valence-electron chi connectivity index (χ3n) is 13.4. The second kappa shape index (κ2) is 17.2. The van der Waals surface area contributed by atoms with Crippen LogP contribution in [0.2, 0.25) is 0 Å². The van der Waals surface area contributed by atoms with Gasteiger partial charge in [-0.1, -0.05) is 185 Å². The summed E-state index contributed by atoms with van der Waals surface area (Å²) in [5.74, 6) is 3.19. The fraction of sp³-hybridized carbons (Fsp3) is 0.203. The van der Waals surface area contributed by atoms with Crippen molar-refractivity contribution in [3.8, 4) is 45.2 Å². The van der Waals surface area contributed by atoms with Crippen molar-refractivity contribution < 1.29 is 0 Å². The Morgan fingerprint density at radius 2 is 1.22 bits per heavy atom. The zero-order chi connectivity index (χ0) is 43.7. The summed E-state index contributed by atoms with van der Waals surface area (Å²) in [5.41, 5.74) is 12.8. The molecule has 0 saturated heterocycles. The summed E-state index contributed by atoms with van der Waals surface area (Å²) < 4.78 is 0. The predicted molar refractivity (Wildman–Crippen MR) is 264 cm³/mol. The number of nitrogens with zero attached hydrogens (tertiary/aromatic N) is 5. The standard InChI is InChI=1S/C59H53N5/c1-40-30-32-61-54(33-40)45-26-28-51(29-27-45)58(3)37-50(42-16-7-5-8-17-42)38-59(4,39-58)57-63-55(46-18-9-6-10-19-46)62-56(64-57)49-35-47(34-48(36-49)52-20-12-11-15-41(52)2)43-22-24-44(25-23-43)53-21-13-14-31-60-53/h5-32,34-37,40-41,52H,33,38-39H2,1-4H3/t40-,41+,52?,58+,59?/m1/s1. The van der Waals surface area contributed by atoms with Crippen LogP contribution in [0, 0.1) is 11.8 Å². The molecule has 0 N–H and O–H groups in total. The van der Waals surface area contributed by atoms with E-state index in [-0.39, 0.29) is 11.3 Å². The molecule has 0 spiro atoms. The van der Waals surface area contributed by atoms with Gasteiger partial charge < -0.3 is 0 Å². The smallest absolute Gasteiger partial charge is 0.163 e. The molecule has 5 aromatic carbocycles. The van der Waals surface area contributed by atoms with Gasteiger partial charge in [-0.3, -0.25) is 9.98 Å². The molecule has 10 rings (SSSR count). The van der Waals surface area contributed by atoms with Crippen LogP contribution in [-0.2, 0) is 10.8 Å². The number of hydrogen-bond acceptors (Lipinski definition) is 5. The van der Waals surface area contributed by atoms with Gasteiger partial charge in [0.2, 0.25) is 0 Å². The maximum atomic E-state index is 5.58. The van der Waals surface area contributed by atoms with Crippen LogP contribution in [0.25, 0.3) is 50.7 Å². The Labute approximate surface area is 377 Å². The van der Waals surface area contributed by atoms with E-state index in [0.29, 0.717) is 23.5 Å². The Bertz CT molecular complexity index is 2950. The van der Waals surface area contributed by atoms with E-state index in [2.05, 4.69) is 197 Å². The number of allylic oxidation sites excluding steroid dienone is 7. The lowest BCUT2D eigenvalue weighted by atomic mass is 9.61. The normalized spacial score (nSPS) is 22.8. The van der Waals surface area contributed by atoms with E-state index in [0.717, 1.165) is 64.3 Å². The Balaban J connectivity index is 1.11.